The Morgan fingerprint density at radius 2 is 1.67 bits per heavy atom. The van der Waals surface area contributed by atoms with Crippen molar-refractivity contribution in [2.75, 3.05) is 0 Å². The van der Waals surface area contributed by atoms with Crippen molar-refractivity contribution in [1.82, 2.24) is 0 Å². The number of benzene rings is 2. The summed E-state index contributed by atoms with van der Waals surface area (Å²) >= 11 is 0. The van der Waals surface area contributed by atoms with E-state index in [2.05, 4.69) is 0 Å². The molecule has 0 aliphatic rings. The molecule has 0 heterocycles. The summed E-state index contributed by atoms with van der Waals surface area (Å²) in [5.74, 6) is -2.22. The summed E-state index contributed by atoms with van der Waals surface area (Å²) in [5.41, 5.74) is 1.24. The van der Waals surface area contributed by atoms with Gasteiger partial charge in [-0.05, 0) is 41.8 Å². The highest BCUT2D eigenvalue weighted by Crippen LogP contribution is 2.28. The van der Waals surface area contributed by atoms with Crippen molar-refractivity contribution in [2.45, 2.75) is 13.8 Å². The van der Waals surface area contributed by atoms with Crippen LogP contribution >= 0.6 is 0 Å². The fourth-order valence-corrected chi connectivity index (χ4v) is 2.18. The quantitative estimate of drug-likeness (QED) is 0.851. The maximum Gasteiger partial charge on any atom is 0.336 e. The Morgan fingerprint density at radius 3 is 2.22 bits per heavy atom. The highest BCUT2D eigenvalue weighted by Gasteiger charge is 2.19. The van der Waals surface area contributed by atoms with Crippen LogP contribution in [0.3, 0.4) is 0 Å². The summed E-state index contributed by atoms with van der Waals surface area (Å²) in [4.78, 5) is 22.5. The Balaban J connectivity index is 3.02. The zero-order valence-electron chi connectivity index (χ0n) is 10.0. The molecule has 2 N–H and O–H groups in total. The summed E-state index contributed by atoms with van der Waals surface area (Å²) in [5, 5.41) is 19.6. The van der Waals surface area contributed by atoms with E-state index in [1.165, 1.54) is 13.0 Å². The van der Waals surface area contributed by atoms with E-state index in [-0.39, 0.29) is 16.7 Å². The van der Waals surface area contributed by atoms with E-state index >= 15 is 0 Å². The second-order valence-electron chi connectivity index (χ2n) is 4.20. The van der Waals surface area contributed by atoms with Crippen LogP contribution in [-0.2, 0) is 0 Å². The van der Waals surface area contributed by atoms with Crippen LogP contribution in [0.4, 0.5) is 0 Å². The van der Waals surface area contributed by atoms with Crippen LogP contribution in [0.15, 0.2) is 24.3 Å². The van der Waals surface area contributed by atoms with Gasteiger partial charge in [0.25, 0.3) is 0 Å². The summed E-state index contributed by atoms with van der Waals surface area (Å²) in [7, 11) is 0. The standard InChI is InChI=1S/C14H12O4/c1-7-4-3-5-9-10(7)6-11(13(15)16)8(2)12(9)14(17)18/h3-6H,1-2H3,(H,15,16)(H,17,18). The fraction of sp³-hybridized carbons (Fsp3) is 0.143. The number of carboxylic acids is 2. The number of carbonyl (C=O) groups is 2. The number of rotatable bonds is 2. The number of hydrogen-bond donors (Lipinski definition) is 2. The Hall–Kier alpha value is -2.36. The Bertz CT molecular complexity index is 671. The lowest BCUT2D eigenvalue weighted by molar-refractivity contribution is 0.0696. The normalized spacial score (nSPS) is 10.6. The fourth-order valence-electron chi connectivity index (χ4n) is 2.18. The Labute approximate surface area is 103 Å². The smallest absolute Gasteiger partial charge is 0.336 e. The van der Waals surface area contributed by atoms with Crippen LogP contribution in [-0.4, -0.2) is 22.2 Å². The zero-order valence-corrected chi connectivity index (χ0v) is 10.0. The number of aromatic carboxylic acids is 2. The van der Waals surface area contributed by atoms with Crippen molar-refractivity contribution in [1.29, 1.82) is 0 Å². The molecule has 0 aromatic heterocycles. The van der Waals surface area contributed by atoms with Crippen LogP contribution in [0, 0.1) is 13.8 Å². The van der Waals surface area contributed by atoms with Gasteiger partial charge in [0.05, 0.1) is 11.1 Å². The summed E-state index contributed by atoms with van der Waals surface area (Å²) in [6, 6.07) is 6.83. The van der Waals surface area contributed by atoms with Gasteiger partial charge in [0, 0.05) is 0 Å². The minimum absolute atomic E-state index is 0.0363. The third-order valence-corrected chi connectivity index (χ3v) is 3.11. The molecule has 4 heteroatoms. The number of aryl methyl sites for hydroxylation is 1. The van der Waals surface area contributed by atoms with Crippen molar-refractivity contribution in [3.05, 3.63) is 46.5 Å². The van der Waals surface area contributed by atoms with Gasteiger partial charge in [-0.25, -0.2) is 9.59 Å². The average Bonchev–Trinajstić information content (AvgIpc) is 2.27. The summed E-state index contributed by atoms with van der Waals surface area (Å²) in [6.07, 6.45) is 0. The molecule has 2 aromatic rings. The maximum absolute atomic E-state index is 11.3. The molecule has 92 valence electrons. The van der Waals surface area contributed by atoms with Gasteiger partial charge in [-0.15, -0.1) is 0 Å². The van der Waals surface area contributed by atoms with Crippen molar-refractivity contribution < 1.29 is 19.8 Å². The molecule has 18 heavy (non-hydrogen) atoms. The lowest BCUT2D eigenvalue weighted by Crippen LogP contribution is -2.08. The molecule has 0 fully saturated rings. The van der Waals surface area contributed by atoms with Gasteiger partial charge < -0.3 is 10.2 Å². The number of carboxylic acid groups (broad SMARTS) is 2. The maximum atomic E-state index is 11.3. The lowest BCUT2D eigenvalue weighted by Gasteiger charge is -2.11. The highest BCUT2D eigenvalue weighted by atomic mass is 16.4. The first-order chi connectivity index (χ1) is 8.43. The van der Waals surface area contributed by atoms with Crippen LogP contribution in [0.1, 0.15) is 31.8 Å². The molecule has 0 bridgehead atoms. The molecule has 0 saturated heterocycles. The zero-order chi connectivity index (χ0) is 13.4. The van der Waals surface area contributed by atoms with Crippen LogP contribution in [0.2, 0.25) is 0 Å². The van der Waals surface area contributed by atoms with Gasteiger partial charge in [-0.3, -0.25) is 0 Å². The summed E-state index contributed by atoms with van der Waals surface area (Å²) in [6.45, 7) is 3.35. The van der Waals surface area contributed by atoms with E-state index in [0.717, 1.165) is 5.56 Å². The average molecular weight is 244 g/mol. The van der Waals surface area contributed by atoms with Gasteiger partial charge in [-0.2, -0.15) is 0 Å². The van der Waals surface area contributed by atoms with Crippen molar-refractivity contribution in [3.63, 3.8) is 0 Å². The molecule has 0 saturated carbocycles. The van der Waals surface area contributed by atoms with Crippen LogP contribution < -0.4 is 0 Å². The SMILES string of the molecule is Cc1c(C(=O)O)cc2c(C)cccc2c1C(=O)O. The topological polar surface area (TPSA) is 74.6 Å². The largest absolute Gasteiger partial charge is 0.478 e. The van der Waals surface area contributed by atoms with Crippen molar-refractivity contribution in [3.8, 4) is 0 Å². The molecular formula is C14H12O4. The summed E-state index contributed by atoms with van der Waals surface area (Å²) < 4.78 is 0. The molecule has 2 aromatic carbocycles. The molecular weight excluding hydrogens is 232 g/mol. The van der Waals surface area contributed by atoms with Crippen molar-refractivity contribution >= 4 is 22.7 Å². The van der Waals surface area contributed by atoms with E-state index in [9.17, 15) is 14.7 Å². The van der Waals surface area contributed by atoms with Crippen LogP contribution in [0.5, 0.6) is 0 Å². The van der Waals surface area contributed by atoms with Gasteiger partial charge >= 0.3 is 11.9 Å². The predicted molar refractivity (Wildman–Crippen MR) is 67.3 cm³/mol. The van der Waals surface area contributed by atoms with E-state index in [4.69, 9.17) is 5.11 Å². The molecule has 2 rings (SSSR count). The third kappa shape index (κ3) is 1.72. The van der Waals surface area contributed by atoms with E-state index in [1.54, 1.807) is 12.1 Å². The molecule has 0 aliphatic carbocycles. The van der Waals surface area contributed by atoms with Gasteiger partial charge in [-0.1, -0.05) is 18.2 Å². The lowest BCUT2D eigenvalue weighted by atomic mass is 9.93. The first-order valence-corrected chi connectivity index (χ1v) is 5.43. The molecule has 0 unspecified atom stereocenters. The first kappa shape index (κ1) is 12.1. The Kier molecular flexibility index (Phi) is 2.79. The van der Waals surface area contributed by atoms with Crippen LogP contribution in [0.25, 0.3) is 10.8 Å². The Morgan fingerprint density at radius 1 is 1.00 bits per heavy atom. The van der Waals surface area contributed by atoms with Gasteiger partial charge in [0.2, 0.25) is 0 Å². The predicted octanol–water partition coefficient (Wildman–Crippen LogP) is 2.85. The molecule has 0 amide bonds. The number of hydrogen-bond acceptors (Lipinski definition) is 2. The molecule has 0 radical (unpaired) electrons. The van der Waals surface area contributed by atoms with E-state index in [1.807, 2.05) is 13.0 Å². The molecule has 0 spiro atoms. The molecule has 0 atom stereocenters. The van der Waals surface area contributed by atoms with E-state index < -0.39 is 11.9 Å². The van der Waals surface area contributed by atoms with Crippen molar-refractivity contribution in [2.24, 2.45) is 0 Å². The minimum atomic E-state index is -1.11. The molecule has 4 nitrogen and oxygen atoms in total. The first-order valence-electron chi connectivity index (χ1n) is 5.43. The minimum Gasteiger partial charge on any atom is -0.478 e. The number of fused-ring (bicyclic) bond motifs is 1. The van der Waals surface area contributed by atoms with Gasteiger partial charge in [0.15, 0.2) is 0 Å². The molecule has 0 aliphatic heterocycles. The third-order valence-electron chi connectivity index (χ3n) is 3.11. The second kappa shape index (κ2) is 4.14. The second-order valence-corrected chi connectivity index (χ2v) is 4.20. The van der Waals surface area contributed by atoms with E-state index in [0.29, 0.717) is 10.8 Å². The monoisotopic (exact) mass is 244 g/mol. The highest BCUT2D eigenvalue weighted by molar-refractivity contribution is 6.09. The van der Waals surface area contributed by atoms with Gasteiger partial charge in [0.1, 0.15) is 0 Å².